The minimum atomic E-state index is 0.0215. The summed E-state index contributed by atoms with van der Waals surface area (Å²) in [5.74, 6) is 0.0215. The number of Topliss-reactive ketones (excluding diaryl/α,β-unsaturated/α-hetero) is 1. The predicted molar refractivity (Wildman–Crippen MR) is 77.2 cm³/mol. The van der Waals surface area contributed by atoms with E-state index < -0.39 is 0 Å². The largest absolute Gasteiger partial charge is 0.399 e. The molecule has 0 saturated heterocycles. The zero-order valence-corrected chi connectivity index (χ0v) is 10.7. The monoisotopic (exact) mass is 250 g/mol. The lowest BCUT2D eigenvalue weighted by Gasteiger charge is -2.06. The number of nitrogens with two attached hydrogens (primary N) is 1. The molecule has 3 nitrogen and oxygen atoms in total. The molecule has 0 aliphatic carbocycles. The number of anilines is 1. The standard InChI is InChI=1S/C16H14N2O/c1-10(19)16-15-8-12(2-3-13(15)9-18-16)11-4-6-14(17)7-5-11/h2-8H,9,17H2,1H3. The second kappa shape index (κ2) is 4.35. The second-order valence-electron chi connectivity index (χ2n) is 4.71. The lowest BCUT2D eigenvalue weighted by molar-refractivity contribution is -0.111. The molecule has 0 unspecified atom stereocenters. The quantitative estimate of drug-likeness (QED) is 0.833. The smallest absolute Gasteiger partial charge is 0.178 e. The molecular formula is C16H14N2O. The van der Waals surface area contributed by atoms with Crippen molar-refractivity contribution in [2.24, 2.45) is 4.99 Å². The number of nitrogens with zero attached hydrogens (tertiary/aromatic N) is 1. The van der Waals surface area contributed by atoms with Crippen LogP contribution in [-0.4, -0.2) is 11.5 Å². The summed E-state index contributed by atoms with van der Waals surface area (Å²) in [6.45, 7) is 2.16. The summed E-state index contributed by atoms with van der Waals surface area (Å²) in [6.07, 6.45) is 0. The zero-order valence-electron chi connectivity index (χ0n) is 10.7. The Balaban J connectivity index is 2.07. The van der Waals surface area contributed by atoms with Crippen molar-refractivity contribution >= 4 is 17.2 Å². The number of carbonyl (C=O) groups is 1. The number of carbonyl (C=O) groups excluding carboxylic acids is 1. The van der Waals surface area contributed by atoms with E-state index in [9.17, 15) is 4.79 Å². The zero-order chi connectivity index (χ0) is 13.4. The molecule has 0 atom stereocenters. The fourth-order valence-corrected chi connectivity index (χ4v) is 2.34. The third kappa shape index (κ3) is 2.03. The van der Waals surface area contributed by atoms with Crippen molar-refractivity contribution in [3.05, 3.63) is 53.6 Å². The van der Waals surface area contributed by atoms with Crippen LogP contribution in [0.3, 0.4) is 0 Å². The first-order valence-electron chi connectivity index (χ1n) is 6.20. The number of ketones is 1. The van der Waals surface area contributed by atoms with Gasteiger partial charge in [-0.2, -0.15) is 0 Å². The molecule has 1 aliphatic rings. The van der Waals surface area contributed by atoms with Crippen LogP contribution >= 0.6 is 0 Å². The van der Waals surface area contributed by atoms with Gasteiger partial charge in [-0.25, -0.2) is 0 Å². The number of hydrogen-bond donors (Lipinski definition) is 1. The van der Waals surface area contributed by atoms with Crippen molar-refractivity contribution in [1.82, 2.24) is 0 Å². The van der Waals surface area contributed by atoms with Gasteiger partial charge in [0, 0.05) is 18.2 Å². The van der Waals surface area contributed by atoms with Crippen LogP contribution in [0, 0.1) is 0 Å². The van der Waals surface area contributed by atoms with E-state index in [4.69, 9.17) is 5.73 Å². The minimum absolute atomic E-state index is 0.0215. The Bertz CT molecular complexity index is 684. The van der Waals surface area contributed by atoms with E-state index in [0.29, 0.717) is 12.3 Å². The molecule has 0 bridgehead atoms. The highest BCUT2D eigenvalue weighted by Gasteiger charge is 2.19. The highest BCUT2D eigenvalue weighted by Crippen LogP contribution is 2.27. The van der Waals surface area contributed by atoms with Crippen LogP contribution < -0.4 is 5.73 Å². The van der Waals surface area contributed by atoms with E-state index in [1.165, 1.54) is 0 Å². The summed E-state index contributed by atoms with van der Waals surface area (Å²) < 4.78 is 0. The van der Waals surface area contributed by atoms with E-state index in [0.717, 1.165) is 27.9 Å². The Morgan fingerprint density at radius 3 is 2.47 bits per heavy atom. The van der Waals surface area contributed by atoms with Crippen LogP contribution in [0.5, 0.6) is 0 Å². The van der Waals surface area contributed by atoms with Gasteiger partial charge in [0.25, 0.3) is 0 Å². The molecule has 2 aromatic carbocycles. The predicted octanol–water partition coefficient (Wildman–Crippen LogP) is 2.83. The molecule has 94 valence electrons. The molecule has 0 fully saturated rings. The van der Waals surface area contributed by atoms with E-state index in [-0.39, 0.29) is 5.78 Å². The van der Waals surface area contributed by atoms with Gasteiger partial charge >= 0.3 is 0 Å². The molecule has 0 spiro atoms. The van der Waals surface area contributed by atoms with Crippen LogP contribution in [0.4, 0.5) is 5.69 Å². The second-order valence-corrected chi connectivity index (χ2v) is 4.71. The molecule has 2 aromatic rings. The molecule has 1 aliphatic heterocycles. The van der Waals surface area contributed by atoms with Gasteiger partial charge in [0.15, 0.2) is 5.78 Å². The molecule has 0 aromatic heterocycles. The van der Waals surface area contributed by atoms with Crippen molar-refractivity contribution in [3.63, 3.8) is 0 Å². The fourth-order valence-electron chi connectivity index (χ4n) is 2.34. The van der Waals surface area contributed by atoms with Crippen molar-refractivity contribution in [2.75, 3.05) is 5.73 Å². The minimum Gasteiger partial charge on any atom is -0.399 e. The summed E-state index contributed by atoms with van der Waals surface area (Å²) in [4.78, 5) is 15.9. The molecule has 3 heteroatoms. The van der Waals surface area contributed by atoms with Gasteiger partial charge in [-0.3, -0.25) is 9.79 Å². The van der Waals surface area contributed by atoms with Crippen LogP contribution in [-0.2, 0) is 11.3 Å². The van der Waals surface area contributed by atoms with Gasteiger partial charge in [-0.1, -0.05) is 24.3 Å². The van der Waals surface area contributed by atoms with E-state index in [1.54, 1.807) is 6.92 Å². The van der Waals surface area contributed by atoms with Crippen molar-refractivity contribution < 1.29 is 4.79 Å². The number of rotatable bonds is 2. The first-order valence-corrected chi connectivity index (χ1v) is 6.20. The summed E-state index contributed by atoms with van der Waals surface area (Å²) >= 11 is 0. The average molecular weight is 250 g/mol. The SMILES string of the molecule is CC(=O)C1=NCc2ccc(-c3ccc(N)cc3)cc21. The fraction of sp³-hybridized carbons (Fsp3) is 0.125. The summed E-state index contributed by atoms with van der Waals surface area (Å²) in [5.41, 5.74) is 11.3. The van der Waals surface area contributed by atoms with Crippen molar-refractivity contribution in [1.29, 1.82) is 0 Å². The Morgan fingerprint density at radius 2 is 1.79 bits per heavy atom. The number of nitrogen functional groups attached to an aromatic ring is 1. The third-order valence-electron chi connectivity index (χ3n) is 3.35. The van der Waals surface area contributed by atoms with Gasteiger partial charge in [0.1, 0.15) is 5.71 Å². The van der Waals surface area contributed by atoms with E-state index in [1.807, 2.05) is 36.4 Å². The summed E-state index contributed by atoms with van der Waals surface area (Å²) in [6, 6.07) is 13.9. The van der Waals surface area contributed by atoms with Gasteiger partial charge in [-0.05, 0) is 34.9 Å². The molecule has 3 rings (SSSR count). The number of fused-ring (bicyclic) bond motifs is 1. The maximum absolute atomic E-state index is 11.6. The lowest BCUT2D eigenvalue weighted by Crippen LogP contribution is -2.09. The van der Waals surface area contributed by atoms with E-state index in [2.05, 4.69) is 11.1 Å². The van der Waals surface area contributed by atoms with E-state index >= 15 is 0 Å². The van der Waals surface area contributed by atoms with Crippen LogP contribution in [0.2, 0.25) is 0 Å². The first kappa shape index (κ1) is 11.7. The average Bonchev–Trinajstić information content (AvgIpc) is 2.82. The number of benzene rings is 2. The number of aliphatic imine (C=N–C) groups is 1. The molecule has 1 heterocycles. The summed E-state index contributed by atoms with van der Waals surface area (Å²) in [5, 5.41) is 0. The Morgan fingerprint density at radius 1 is 1.11 bits per heavy atom. The molecule has 19 heavy (non-hydrogen) atoms. The molecular weight excluding hydrogens is 236 g/mol. The third-order valence-corrected chi connectivity index (χ3v) is 3.35. The van der Waals surface area contributed by atoms with Crippen LogP contribution in [0.15, 0.2) is 47.5 Å². The van der Waals surface area contributed by atoms with Crippen molar-refractivity contribution in [2.45, 2.75) is 13.5 Å². The number of hydrogen-bond acceptors (Lipinski definition) is 3. The van der Waals surface area contributed by atoms with Gasteiger partial charge in [0.05, 0.1) is 6.54 Å². The van der Waals surface area contributed by atoms with Crippen LogP contribution in [0.1, 0.15) is 18.1 Å². The summed E-state index contributed by atoms with van der Waals surface area (Å²) in [7, 11) is 0. The van der Waals surface area contributed by atoms with Gasteiger partial charge < -0.3 is 5.73 Å². The highest BCUT2D eigenvalue weighted by molar-refractivity contribution is 6.46. The Hall–Kier alpha value is -2.42. The Labute approximate surface area is 111 Å². The topological polar surface area (TPSA) is 55.5 Å². The maximum atomic E-state index is 11.6. The molecule has 2 N–H and O–H groups in total. The normalized spacial score (nSPS) is 13.0. The first-order chi connectivity index (χ1) is 9.15. The molecule has 0 amide bonds. The Kier molecular flexibility index (Phi) is 2.67. The van der Waals surface area contributed by atoms with Crippen molar-refractivity contribution in [3.8, 4) is 11.1 Å². The van der Waals surface area contributed by atoms with Crippen LogP contribution in [0.25, 0.3) is 11.1 Å². The van der Waals surface area contributed by atoms with Gasteiger partial charge in [-0.15, -0.1) is 0 Å². The maximum Gasteiger partial charge on any atom is 0.178 e. The molecule has 0 radical (unpaired) electrons. The van der Waals surface area contributed by atoms with Gasteiger partial charge in [0.2, 0.25) is 0 Å². The highest BCUT2D eigenvalue weighted by atomic mass is 16.1. The lowest BCUT2D eigenvalue weighted by atomic mass is 9.97. The molecule has 0 saturated carbocycles.